The van der Waals surface area contributed by atoms with Crippen molar-refractivity contribution >= 4 is 35.3 Å². The molecule has 0 spiro atoms. The average Bonchev–Trinajstić information content (AvgIpc) is 2.90. The molecular weight excluding hydrogens is 460 g/mol. The first-order valence-corrected chi connectivity index (χ1v) is 11.9. The third-order valence-corrected chi connectivity index (χ3v) is 5.49. The molecule has 0 bridgehead atoms. The molecule has 37 heavy (non-hydrogen) atoms. The number of carbonyl (C=O) groups is 2. The van der Waals surface area contributed by atoms with Gasteiger partial charge in [0.05, 0.1) is 0 Å². The number of carbonyl (C=O) groups excluding carboxylic acids is 2. The third kappa shape index (κ3) is 8.08. The maximum absolute atomic E-state index is 12.2. The van der Waals surface area contributed by atoms with E-state index in [0.29, 0.717) is 22.9 Å². The second-order valence-electron chi connectivity index (χ2n) is 8.62. The molecule has 0 aliphatic carbocycles. The molecule has 0 fully saturated rings. The van der Waals surface area contributed by atoms with Gasteiger partial charge in [0, 0.05) is 23.5 Å². The summed E-state index contributed by atoms with van der Waals surface area (Å²) in [7, 11) is 0. The van der Waals surface area contributed by atoms with E-state index < -0.39 is 0 Å². The fraction of sp³-hybridized carbons (Fsp3) is 0.0625. The minimum absolute atomic E-state index is 0.208. The molecule has 0 aliphatic heterocycles. The first kappa shape index (κ1) is 25.2. The molecular formula is C32H28N2O3. The Hall–Kier alpha value is -4.90. The largest absolute Gasteiger partial charge is 0.457 e. The van der Waals surface area contributed by atoms with Gasteiger partial charge < -0.3 is 15.4 Å². The van der Waals surface area contributed by atoms with Crippen molar-refractivity contribution in [3.05, 3.63) is 131 Å². The van der Waals surface area contributed by atoms with E-state index >= 15 is 0 Å². The van der Waals surface area contributed by atoms with E-state index in [4.69, 9.17) is 4.74 Å². The average molecular weight is 489 g/mol. The smallest absolute Gasteiger partial charge is 0.248 e. The van der Waals surface area contributed by atoms with Crippen LogP contribution in [0.3, 0.4) is 0 Å². The van der Waals surface area contributed by atoms with Gasteiger partial charge in [0.15, 0.2) is 0 Å². The van der Waals surface area contributed by atoms with E-state index in [1.165, 1.54) is 23.3 Å². The van der Waals surface area contributed by atoms with E-state index in [1.807, 2.05) is 62.4 Å². The van der Waals surface area contributed by atoms with Crippen LogP contribution in [-0.4, -0.2) is 11.8 Å². The van der Waals surface area contributed by atoms with Crippen LogP contribution in [0.4, 0.5) is 11.4 Å². The minimum atomic E-state index is -0.208. The molecule has 4 aromatic carbocycles. The van der Waals surface area contributed by atoms with Crippen LogP contribution in [0.15, 0.2) is 109 Å². The Balaban J connectivity index is 1.26. The Morgan fingerprint density at radius 3 is 1.24 bits per heavy atom. The van der Waals surface area contributed by atoms with Gasteiger partial charge in [0.25, 0.3) is 0 Å². The monoisotopic (exact) mass is 488 g/mol. The van der Waals surface area contributed by atoms with Crippen LogP contribution in [0.1, 0.15) is 22.3 Å². The highest BCUT2D eigenvalue weighted by molar-refractivity contribution is 6.02. The Bertz CT molecular complexity index is 1290. The molecule has 2 N–H and O–H groups in total. The predicted octanol–water partition coefficient (Wildman–Crippen LogP) is 7.40. The molecule has 5 nitrogen and oxygen atoms in total. The van der Waals surface area contributed by atoms with Crippen molar-refractivity contribution in [3.63, 3.8) is 0 Å². The van der Waals surface area contributed by atoms with Crippen LogP contribution in [0.2, 0.25) is 0 Å². The molecule has 0 atom stereocenters. The number of rotatable bonds is 8. The maximum atomic E-state index is 12.2. The van der Waals surface area contributed by atoms with Gasteiger partial charge in [0.1, 0.15) is 11.5 Å². The SMILES string of the molecule is Cc1ccc(C=CC(=O)Nc2ccc(Oc3ccc(NC(=O)C=Cc4ccc(C)cc4)cc3)cc2)cc1. The van der Waals surface area contributed by atoms with Crippen LogP contribution in [0.5, 0.6) is 11.5 Å². The molecule has 4 rings (SSSR count). The van der Waals surface area contributed by atoms with Crippen LogP contribution >= 0.6 is 0 Å². The number of benzene rings is 4. The van der Waals surface area contributed by atoms with Gasteiger partial charge in [0.2, 0.25) is 11.8 Å². The van der Waals surface area contributed by atoms with Gasteiger partial charge in [-0.2, -0.15) is 0 Å². The Kier molecular flexibility index (Phi) is 8.29. The quantitative estimate of drug-likeness (QED) is 0.254. The second-order valence-corrected chi connectivity index (χ2v) is 8.62. The summed E-state index contributed by atoms with van der Waals surface area (Å²) in [6.07, 6.45) is 6.57. The fourth-order valence-electron chi connectivity index (χ4n) is 3.42. The predicted molar refractivity (Wildman–Crippen MR) is 151 cm³/mol. The van der Waals surface area contributed by atoms with Crippen molar-refractivity contribution in [2.24, 2.45) is 0 Å². The van der Waals surface area contributed by atoms with Crippen molar-refractivity contribution < 1.29 is 14.3 Å². The van der Waals surface area contributed by atoms with Crippen LogP contribution < -0.4 is 15.4 Å². The number of hydrogen-bond acceptors (Lipinski definition) is 3. The number of hydrogen-bond donors (Lipinski definition) is 2. The summed E-state index contributed by atoms with van der Waals surface area (Å²) in [4.78, 5) is 24.4. The van der Waals surface area contributed by atoms with Crippen molar-refractivity contribution in [3.8, 4) is 11.5 Å². The lowest BCUT2D eigenvalue weighted by molar-refractivity contribution is -0.112. The summed E-state index contributed by atoms with van der Waals surface area (Å²) in [5.41, 5.74) is 5.62. The van der Waals surface area contributed by atoms with Crippen LogP contribution in [-0.2, 0) is 9.59 Å². The normalized spacial score (nSPS) is 11.0. The van der Waals surface area contributed by atoms with Crippen molar-refractivity contribution in [2.75, 3.05) is 10.6 Å². The van der Waals surface area contributed by atoms with Crippen LogP contribution in [0.25, 0.3) is 12.2 Å². The summed E-state index contributed by atoms with van der Waals surface area (Å²) >= 11 is 0. The second kappa shape index (κ2) is 12.2. The Morgan fingerprint density at radius 2 is 0.892 bits per heavy atom. The standard InChI is InChI=1S/C32H28N2O3/c1-23-3-7-25(8-4-23)11-21-31(35)33-27-13-17-29(18-14-27)37-30-19-15-28(16-20-30)34-32(36)22-12-26-9-5-24(2)6-10-26/h3-22H,1-2H3,(H,33,35)(H,34,36). The highest BCUT2D eigenvalue weighted by Gasteiger charge is 2.03. The summed E-state index contributed by atoms with van der Waals surface area (Å²) in [5, 5.41) is 5.67. The molecule has 4 aromatic rings. The zero-order valence-electron chi connectivity index (χ0n) is 20.8. The topological polar surface area (TPSA) is 67.4 Å². The summed E-state index contributed by atoms with van der Waals surface area (Å²) in [5.74, 6) is 0.846. The van der Waals surface area contributed by atoms with Crippen molar-refractivity contribution in [1.29, 1.82) is 0 Å². The van der Waals surface area contributed by atoms with Gasteiger partial charge in [-0.25, -0.2) is 0 Å². The first-order valence-electron chi connectivity index (χ1n) is 11.9. The zero-order valence-corrected chi connectivity index (χ0v) is 20.8. The summed E-state index contributed by atoms with van der Waals surface area (Å²) in [6.45, 7) is 4.05. The lowest BCUT2D eigenvalue weighted by Crippen LogP contribution is -2.07. The molecule has 184 valence electrons. The van der Waals surface area contributed by atoms with Crippen molar-refractivity contribution in [2.45, 2.75) is 13.8 Å². The van der Waals surface area contributed by atoms with E-state index in [1.54, 1.807) is 60.7 Å². The van der Waals surface area contributed by atoms with Gasteiger partial charge >= 0.3 is 0 Å². The molecule has 0 aromatic heterocycles. The number of anilines is 2. The Morgan fingerprint density at radius 1 is 0.541 bits per heavy atom. The number of amides is 2. The molecule has 0 aliphatic rings. The lowest BCUT2D eigenvalue weighted by atomic mass is 10.1. The molecule has 0 saturated carbocycles. The molecule has 0 radical (unpaired) electrons. The number of aryl methyl sites for hydroxylation is 2. The maximum Gasteiger partial charge on any atom is 0.248 e. The van der Waals surface area contributed by atoms with Gasteiger partial charge in [-0.15, -0.1) is 0 Å². The van der Waals surface area contributed by atoms with E-state index in [2.05, 4.69) is 10.6 Å². The first-order chi connectivity index (χ1) is 17.9. The molecule has 5 heteroatoms. The number of ether oxygens (including phenoxy) is 1. The molecule has 0 saturated heterocycles. The summed E-state index contributed by atoms with van der Waals surface area (Å²) in [6, 6.07) is 30.1. The molecule has 2 amide bonds. The minimum Gasteiger partial charge on any atom is -0.457 e. The lowest BCUT2D eigenvalue weighted by Gasteiger charge is -2.08. The van der Waals surface area contributed by atoms with Crippen LogP contribution in [0, 0.1) is 13.8 Å². The fourth-order valence-corrected chi connectivity index (χ4v) is 3.42. The van der Waals surface area contributed by atoms with E-state index in [-0.39, 0.29) is 11.8 Å². The molecule has 0 heterocycles. The van der Waals surface area contributed by atoms with Gasteiger partial charge in [-0.3, -0.25) is 9.59 Å². The van der Waals surface area contributed by atoms with E-state index in [9.17, 15) is 9.59 Å². The van der Waals surface area contributed by atoms with Gasteiger partial charge in [-0.1, -0.05) is 59.7 Å². The third-order valence-electron chi connectivity index (χ3n) is 5.49. The number of nitrogens with one attached hydrogen (secondary N) is 2. The van der Waals surface area contributed by atoms with Gasteiger partial charge in [-0.05, 0) is 85.7 Å². The highest BCUT2D eigenvalue weighted by Crippen LogP contribution is 2.24. The van der Waals surface area contributed by atoms with E-state index in [0.717, 1.165) is 11.1 Å². The Labute approximate surface area is 217 Å². The highest BCUT2D eigenvalue weighted by atomic mass is 16.5. The summed E-state index contributed by atoms with van der Waals surface area (Å²) < 4.78 is 5.87. The van der Waals surface area contributed by atoms with Crippen molar-refractivity contribution in [1.82, 2.24) is 0 Å². The zero-order chi connectivity index (χ0) is 26.0. The molecule has 0 unspecified atom stereocenters.